The molecular weight excluding hydrogens is 435 g/mol. The molecule has 0 aliphatic heterocycles. The highest BCUT2D eigenvalue weighted by Crippen LogP contribution is 2.44. The van der Waals surface area contributed by atoms with E-state index < -0.39 is 22.5 Å². The third kappa shape index (κ3) is 3.23. The summed E-state index contributed by atoms with van der Waals surface area (Å²) < 4.78 is 42.3. The van der Waals surface area contributed by atoms with Gasteiger partial charge in [0.05, 0.1) is 34.4 Å². The second kappa shape index (κ2) is 6.77. The maximum atomic E-state index is 13.1. The van der Waals surface area contributed by atoms with Gasteiger partial charge in [-0.1, -0.05) is 18.5 Å². The highest BCUT2D eigenvalue weighted by Gasteiger charge is 2.42. The van der Waals surface area contributed by atoms with Crippen LogP contribution in [0.3, 0.4) is 0 Å². The maximum absolute atomic E-state index is 13.1. The van der Waals surface area contributed by atoms with Gasteiger partial charge in [-0.15, -0.1) is 0 Å². The van der Waals surface area contributed by atoms with Crippen molar-refractivity contribution in [2.75, 3.05) is 0 Å². The summed E-state index contributed by atoms with van der Waals surface area (Å²) in [5.41, 5.74) is -2.67. The van der Waals surface area contributed by atoms with E-state index >= 15 is 0 Å². The second-order valence-electron chi connectivity index (χ2n) is 8.18. The van der Waals surface area contributed by atoms with Crippen LogP contribution in [0, 0.1) is 0 Å². The quantitative estimate of drug-likeness (QED) is 0.631. The average molecular weight is 454 g/mol. The lowest BCUT2D eigenvalue weighted by atomic mass is 9.87. The van der Waals surface area contributed by atoms with Gasteiger partial charge in [0, 0.05) is 11.8 Å². The van der Waals surface area contributed by atoms with Crippen LogP contribution in [0.2, 0.25) is 5.02 Å². The van der Waals surface area contributed by atoms with Gasteiger partial charge in [0.25, 0.3) is 5.56 Å². The molecule has 3 aromatic rings. The molecule has 3 aromatic heterocycles. The Bertz CT molecular complexity index is 1250. The van der Waals surface area contributed by atoms with Gasteiger partial charge in [-0.2, -0.15) is 23.4 Å². The standard InChI is InChI=1S/C20H19ClF3N5O2/c1-2-19(31,10-7-14(21)16(25-8-10)20(22,23)24)17-13-9-26-29(12-5-6-12)18(30)15(13)27-28(17)11-3-4-11/h7-9,11-12,31H,2-6H2,1H3/t19-/m1/s1. The van der Waals surface area contributed by atoms with Crippen LogP contribution in [0.5, 0.6) is 0 Å². The van der Waals surface area contributed by atoms with Gasteiger partial charge in [0.15, 0.2) is 11.2 Å². The zero-order chi connectivity index (χ0) is 22.1. The molecule has 31 heavy (non-hydrogen) atoms. The summed E-state index contributed by atoms with van der Waals surface area (Å²) in [6, 6.07) is 1.15. The van der Waals surface area contributed by atoms with Crippen molar-refractivity contribution in [2.24, 2.45) is 0 Å². The Balaban J connectivity index is 1.72. The maximum Gasteiger partial charge on any atom is 0.434 e. The van der Waals surface area contributed by atoms with Crippen molar-refractivity contribution in [3.8, 4) is 0 Å². The van der Waals surface area contributed by atoms with E-state index in [-0.39, 0.29) is 35.1 Å². The normalized spacial score (nSPS) is 19.0. The Morgan fingerprint density at radius 3 is 2.35 bits per heavy atom. The molecule has 164 valence electrons. The van der Waals surface area contributed by atoms with Crippen molar-refractivity contribution in [3.63, 3.8) is 0 Å². The molecule has 7 nitrogen and oxygen atoms in total. The van der Waals surface area contributed by atoms with Crippen molar-refractivity contribution in [3.05, 3.63) is 50.8 Å². The first kappa shape index (κ1) is 20.4. The largest absolute Gasteiger partial charge is 0.434 e. The van der Waals surface area contributed by atoms with Crippen LogP contribution in [-0.4, -0.2) is 29.7 Å². The van der Waals surface area contributed by atoms with Gasteiger partial charge in [0.1, 0.15) is 5.60 Å². The molecule has 0 bridgehead atoms. The Morgan fingerprint density at radius 2 is 1.81 bits per heavy atom. The van der Waals surface area contributed by atoms with E-state index in [0.717, 1.165) is 37.9 Å². The first-order chi connectivity index (χ1) is 14.6. The smallest absolute Gasteiger partial charge is 0.379 e. The van der Waals surface area contributed by atoms with Gasteiger partial charge in [-0.25, -0.2) is 9.67 Å². The number of aromatic nitrogens is 5. The lowest BCUT2D eigenvalue weighted by Crippen LogP contribution is -2.31. The third-order valence-electron chi connectivity index (χ3n) is 5.95. The van der Waals surface area contributed by atoms with E-state index in [9.17, 15) is 23.1 Å². The zero-order valence-corrected chi connectivity index (χ0v) is 17.3. The molecule has 1 N–H and O–H groups in total. The molecule has 2 aliphatic carbocycles. The fraction of sp³-hybridized carbons (Fsp3) is 0.500. The number of aliphatic hydroxyl groups is 1. The number of alkyl halides is 3. The van der Waals surface area contributed by atoms with Gasteiger partial charge in [-0.05, 0) is 38.2 Å². The number of hydrogen-bond acceptors (Lipinski definition) is 5. The molecule has 11 heteroatoms. The number of rotatable bonds is 5. The molecule has 0 spiro atoms. The van der Waals surface area contributed by atoms with E-state index in [1.54, 1.807) is 11.6 Å². The van der Waals surface area contributed by atoms with E-state index in [1.165, 1.54) is 10.9 Å². The van der Waals surface area contributed by atoms with Gasteiger partial charge in [-0.3, -0.25) is 9.48 Å². The lowest BCUT2D eigenvalue weighted by Gasteiger charge is -2.29. The van der Waals surface area contributed by atoms with Crippen LogP contribution >= 0.6 is 11.6 Å². The summed E-state index contributed by atoms with van der Waals surface area (Å²) in [5, 5.41) is 20.3. The van der Waals surface area contributed by atoms with Crippen LogP contribution in [-0.2, 0) is 11.8 Å². The second-order valence-corrected chi connectivity index (χ2v) is 8.59. The van der Waals surface area contributed by atoms with Crippen molar-refractivity contribution >= 4 is 22.5 Å². The summed E-state index contributed by atoms with van der Waals surface area (Å²) in [7, 11) is 0. The summed E-state index contributed by atoms with van der Waals surface area (Å²) in [5.74, 6) is 0. The molecule has 5 rings (SSSR count). The fourth-order valence-corrected chi connectivity index (χ4v) is 4.24. The van der Waals surface area contributed by atoms with E-state index in [0.29, 0.717) is 11.1 Å². The van der Waals surface area contributed by atoms with Crippen molar-refractivity contribution in [1.82, 2.24) is 24.5 Å². The minimum Gasteiger partial charge on any atom is -0.379 e. The highest BCUT2D eigenvalue weighted by atomic mass is 35.5. The average Bonchev–Trinajstić information content (AvgIpc) is 3.64. The number of fused-ring (bicyclic) bond motifs is 1. The molecular formula is C20H19ClF3N5O2. The molecule has 0 amide bonds. The zero-order valence-electron chi connectivity index (χ0n) is 16.5. The van der Waals surface area contributed by atoms with Gasteiger partial charge >= 0.3 is 6.18 Å². The molecule has 3 heterocycles. The van der Waals surface area contributed by atoms with Crippen LogP contribution < -0.4 is 5.56 Å². The fourth-order valence-electron chi connectivity index (χ4n) is 3.96. The van der Waals surface area contributed by atoms with E-state index in [2.05, 4.69) is 15.2 Å². The summed E-state index contributed by atoms with van der Waals surface area (Å²) in [6.45, 7) is 1.69. The van der Waals surface area contributed by atoms with Crippen molar-refractivity contribution in [1.29, 1.82) is 0 Å². The molecule has 2 aliphatic rings. The molecule has 0 unspecified atom stereocenters. The van der Waals surface area contributed by atoms with Crippen LogP contribution in [0.25, 0.3) is 10.9 Å². The van der Waals surface area contributed by atoms with Crippen LogP contribution in [0.4, 0.5) is 13.2 Å². The minimum absolute atomic E-state index is 0.00660. The van der Waals surface area contributed by atoms with Crippen molar-refractivity contribution in [2.45, 2.75) is 62.9 Å². The molecule has 0 aromatic carbocycles. The highest BCUT2D eigenvalue weighted by molar-refractivity contribution is 6.31. The summed E-state index contributed by atoms with van der Waals surface area (Å²) in [6.07, 6.45) is 1.31. The SMILES string of the molecule is CC[C@@](O)(c1cnc(C(F)(F)F)c(Cl)c1)c1c2cnn(C3CC3)c(=O)c2nn1C1CC1. The molecule has 2 saturated carbocycles. The summed E-state index contributed by atoms with van der Waals surface area (Å²) in [4.78, 5) is 16.4. The van der Waals surface area contributed by atoms with Crippen molar-refractivity contribution < 1.29 is 18.3 Å². The Hall–Kier alpha value is -2.46. The lowest BCUT2D eigenvalue weighted by molar-refractivity contribution is -0.141. The Labute approximate surface area is 179 Å². The minimum atomic E-state index is -4.71. The monoisotopic (exact) mass is 453 g/mol. The Morgan fingerprint density at radius 1 is 1.16 bits per heavy atom. The van der Waals surface area contributed by atoms with Gasteiger partial charge < -0.3 is 5.11 Å². The van der Waals surface area contributed by atoms with Crippen LogP contribution in [0.15, 0.2) is 23.3 Å². The van der Waals surface area contributed by atoms with Gasteiger partial charge in [0.2, 0.25) is 0 Å². The first-order valence-corrected chi connectivity index (χ1v) is 10.5. The van der Waals surface area contributed by atoms with E-state index in [4.69, 9.17) is 11.6 Å². The Kier molecular flexibility index (Phi) is 4.46. The first-order valence-electron chi connectivity index (χ1n) is 10.1. The third-order valence-corrected chi connectivity index (χ3v) is 6.23. The summed E-state index contributed by atoms with van der Waals surface area (Å²) >= 11 is 5.88. The topological polar surface area (TPSA) is 85.8 Å². The number of pyridine rings is 1. The molecule has 1 atom stereocenters. The number of nitrogens with zero attached hydrogens (tertiary/aromatic N) is 5. The predicted molar refractivity (Wildman–Crippen MR) is 106 cm³/mol. The molecule has 0 radical (unpaired) electrons. The molecule has 2 fully saturated rings. The number of hydrogen-bond donors (Lipinski definition) is 1. The van der Waals surface area contributed by atoms with Crippen LogP contribution in [0.1, 0.15) is 68.1 Å². The predicted octanol–water partition coefficient (Wildman–Crippen LogP) is 3.98. The number of halogens is 4. The molecule has 0 saturated heterocycles. The van der Waals surface area contributed by atoms with E-state index in [1.807, 2.05) is 0 Å².